The van der Waals surface area contributed by atoms with Gasteiger partial charge in [0.05, 0.1) is 0 Å². The first-order valence-electron chi connectivity index (χ1n) is 13.4. The molecule has 3 nitrogen and oxygen atoms in total. The molecule has 37 heavy (non-hydrogen) atoms. The summed E-state index contributed by atoms with van der Waals surface area (Å²) in [5.74, 6) is 0.00689. The van der Waals surface area contributed by atoms with Crippen LogP contribution in [0.15, 0.2) is 60.7 Å². The number of rotatable bonds is 5. The van der Waals surface area contributed by atoms with Gasteiger partial charge in [-0.3, -0.25) is 4.79 Å². The van der Waals surface area contributed by atoms with Crippen molar-refractivity contribution in [2.75, 3.05) is 11.4 Å². The predicted octanol–water partition coefficient (Wildman–Crippen LogP) is 7.89. The molecule has 2 unspecified atom stereocenters. The van der Waals surface area contributed by atoms with Crippen LogP contribution in [0.2, 0.25) is 5.02 Å². The molecule has 0 N–H and O–H groups in total. The molecular weight excluding hydrogens is 483 g/mol. The van der Waals surface area contributed by atoms with E-state index >= 15 is 4.39 Å². The summed E-state index contributed by atoms with van der Waals surface area (Å²) in [5.41, 5.74) is 6.05. The predicted molar refractivity (Wildman–Crippen MR) is 149 cm³/mol. The second-order valence-corrected chi connectivity index (χ2v) is 10.9. The highest BCUT2D eigenvalue weighted by Gasteiger charge is 2.58. The first-order valence-corrected chi connectivity index (χ1v) is 13.8. The number of hydrogen-bond donors (Lipinski definition) is 0. The molecule has 0 bridgehead atoms. The van der Waals surface area contributed by atoms with E-state index in [0.717, 1.165) is 47.1 Å². The average Bonchev–Trinajstić information content (AvgIpc) is 3.34. The summed E-state index contributed by atoms with van der Waals surface area (Å²) in [5, 5.41) is 1.87. The number of aryl methyl sites for hydroxylation is 1. The Kier molecular flexibility index (Phi) is 5.91. The van der Waals surface area contributed by atoms with Crippen LogP contribution in [0.25, 0.3) is 10.9 Å². The third-order valence-corrected chi connectivity index (χ3v) is 8.88. The van der Waals surface area contributed by atoms with Gasteiger partial charge in [0.25, 0.3) is 0 Å². The van der Waals surface area contributed by atoms with E-state index in [4.69, 9.17) is 11.6 Å². The van der Waals surface area contributed by atoms with Crippen molar-refractivity contribution in [2.45, 2.75) is 57.3 Å². The van der Waals surface area contributed by atoms with E-state index in [0.29, 0.717) is 30.0 Å². The summed E-state index contributed by atoms with van der Waals surface area (Å²) in [6, 6.07) is 19.9. The van der Waals surface area contributed by atoms with E-state index in [1.807, 2.05) is 36.1 Å². The van der Waals surface area contributed by atoms with Crippen LogP contribution >= 0.6 is 11.6 Å². The quantitative estimate of drug-likeness (QED) is 0.266. The van der Waals surface area contributed by atoms with E-state index in [2.05, 4.69) is 48.9 Å². The number of nitrogens with zero attached hydrogens (tertiary/aromatic N) is 2. The number of carbonyl (C=O) groups is 1. The molecule has 0 fully saturated rings. The van der Waals surface area contributed by atoms with E-state index in [-0.39, 0.29) is 17.6 Å². The lowest BCUT2D eigenvalue weighted by molar-refractivity contribution is -0.122. The van der Waals surface area contributed by atoms with Gasteiger partial charge in [0.15, 0.2) is 0 Å². The summed E-state index contributed by atoms with van der Waals surface area (Å²) in [4.78, 5) is 16.6. The Morgan fingerprint density at radius 2 is 1.81 bits per heavy atom. The second-order valence-electron chi connectivity index (χ2n) is 10.5. The number of para-hydroxylation sites is 1. The van der Waals surface area contributed by atoms with Gasteiger partial charge in [-0.25, -0.2) is 4.39 Å². The van der Waals surface area contributed by atoms with Crippen LogP contribution in [0, 0.1) is 5.82 Å². The van der Waals surface area contributed by atoms with Crippen LogP contribution < -0.4 is 4.90 Å². The van der Waals surface area contributed by atoms with E-state index in [9.17, 15) is 4.79 Å². The Labute approximate surface area is 222 Å². The minimum Gasteiger partial charge on any atom is -0.346 e. The number of unbranched alkanes of at least 4 members (excludes halogenated alkanes) is 1. The fourth-order valence-corrected chi connectivity index (χ4v) is 7.16. The van der Waals surface area contributed by atoms with Gasteiger partial charge in [-0.15, -0.1) is 0 Å². The number of aromatic nitrogens is 1. The molecule has 1 aliphatic carbocycles. The summed E-state index contributed by atoms with van der Waals surface area (Å²) in [6.07, 6.45) is 3.89. The van der Waals surface area contributed by atoms with Crippen LogP contribution in [-0.4, -0.2) is 17.0 Å². The highest BCUT2D eigenvalue weighted by Crippen LogP contribution is 2.58. The van der Waals surface area contributed by atoms with Crippen LogP contribution in [-0.2, 0) is 23.7 Å². The molecule has 0 radical (unpaired) electrons. The van der Waals surface area contributed by atoms with Crippen molar-refractivity contribution in [3.8, 4) is 0 Å². The van der Waals surface area contributed by atoms with Crippen molar-refractivity contribution in [1.29, 1.82) is 0 Å². The fraction of sp³-hybridized carbons (Fsp3) is 0.344. The van der Waals surface area contributed by atoms with E-state index < -0.39 is 5.41 Å². The van der Waals surface area contributed by atoms with Crippen molar-refractivity contribution < 1.29 is 9.18 Å². The Hall–Kier alpha value is -3.11. The number of carbonyl (C=O) groups excluding carboxylic acids is 1. The molecule has 2 heterocycles. The lowest BCUT2D eigenvalue weighted by atomic mass is 9.64. The van der Waals surface area contributed by atoms with Crippen molar-refractivity contribution >= 4 is 34.1 Å². The van der Waals surface area contributed by atoms with Gasteiger partial charge >= 0.3 is 0 Å². The number of anilines is 1. The van der Waals surface area contributed by atoms with Gasteiger partial charge < -0.3 is 9.47 Å². The molecular formula is C32H32ClFN2O. The molecule has 4 aromatic rings. The maximum absolute atomic E-state index is 15.4. The lowest BCUT2D eigenvalue weighted by Gasteiger charge is -2.39. The van der Waals surface area contributed by atoms with Crippen molar-refractivity contribution in [1.82, 2.24) is 4.57 Å². The van der Waals surface area contributed by atoms with Gasteiger partial charge in [-0.1, -0.05) is 62.2 Å². The molecule has 0 saturated heterocycles. The molecule has 1 spiro atoms. The lowest BCUT2D eigenvalue weighted by Crippen LogP contribution is -2.45. The zero-order valence-electron chi connectivity index (χ0n) is 21.7. The SMILES string of the molecule is CCCCN1C(=O)C2(CCC(c3ccc(Cl)cc3)c3c2n(C)c2ccccc32)c2c1ccc(F)c2CC. The zero-order valence-corrected chi connectivity index (χ0v) is 22.4. The average molecular weight is 515 g/mol. The summed E-state index contributed by atoms with van der Waals surface area (Å²) < 4.78 is 17.6. The highest BCUT2D eigenvalue weighted by molar-refractivity contribution is 6.30. The van der Waals surface area contributed by atoms with Crippen molar-refractivity contribution in [2.24, 2.45) is 7.05 Å². The Morgan fingerprint density at radius 1 is 1.05 bits per heavy atom. The topological polar surface area (TPSA) is 25.2 Å². The monoisotopic (exact) mass is 514 g/mol. The molecule has 3 aromatic carbocycles. The molecule has 1 aliphatic heterocycles. The maximum atomic E-state index is 15.4. The van der Waals surface area contributed by atoms with Crippen molar-refractivity contribution in [3.63, 3.8) is 0 Å². The normalized spacial score (nSPS) is 20.6. The number of halogens is 2. The standard InChI is InChI=1S/C32H32ClFN2O/c1-4-6-19-36-27-16-15-25(34)22(5-2)29(27)32(31(36)37)18-17-23(20-11-13-21(33)14-12-20)28-24-9-7-8-10-26(24)35(3)30(28)32/h7-16,23H,4-6,17-19H2,1-3H3. The number of fused-ring (bicyclic) bond motifs is 6. The minimum atomic E-state index is -0.900. The zero-order chi connectivity index (χ0) is 25.9. The first-order chi connectivity index (χ1) is 17.9. The largest absolute Gasteiger partial charge is 0.346 e. The Morgan fingerprint density at radius 3 is 2.54 bits per heavy atom. The molecule has 2 aliphatic rings. The molecule has 0 saturated carbocycles. The van der Waals surface area contributed by atoms with E-state index in [1.54, 1.807) is 6.07 Å². The van der Waals surface area contributed by atoms with Gasteiger partial charge in [0, 0.05) is 52.4 Å². The fourth-order valence-electron chi connectivity index (χ4n) is 7.04. The molecule has 1 aromatic heterocycles. The molecule has 5 heteroatoms. The van der Waals surface area contributed by atoms with Gasteiger partial charge in [0.1, 0.15) is 11.2 Å². The van der Waals surface area contributed by atoms with Gasteiger partial charge in [-0.05, 0) is 72.7 Å². The third kappa shape index (κ3) is 3.34. The second kappa shape index (κ2) is 9.02. The number of benzene rings is 3. The Bertz CT molecular complexity index is 1520. The highest BCUT2D eigenvalue weighted by atomic mass is 35.5. The van der Waals surface area contributed by atoms with Gasteiger partial charge in [-0.2, -0.15) is 0 Å². The van der Waals surface area contributed by atoms with E-state index in [1.165, 1.54) is 11.1 Å². The van der Waals surface area contributed by atoms with Crippen LogP contribution in [0.3, 0.4) is 0 Å². The summed E-state index contributed by atoms with van der Waals surface area (Å²) in [7, 11) is 2.07. The summed E-state index contributed by atoms with van der Waals surface area (Å²) in [6.45, 7) is 4.78. The smallest absolute Gasteiger partial charge is 0.243 e. The van der Waals surface area contributed by atoms with Crippen LogP contribution in [0.1, 0.15) is 73.4 Å². The third-order valence-electron chi connectivity index (χ3n) is 8.63. The number of hydrogen-bond acceptors (Lipinski definition) is 1. The molecule has 6 rings (SSSR count). The summed E-state index contributed by atoms with van der Waals surface area (Å²) >= 11 is 6.24. The van der Waals surface area contributed by atoms with Crippen LogP contribution in [0.5, 0.6) is 0 Å². The molecule has 2 atom stereocenters. The Balaban J connectivity index is 1.69. The molecule has 1 amide bonds. The van der Waals surface area contributed by atoms with Gasteiger partial charge in [0.2, 0.25) is 5.91 Å². The molecule has 190 valence electrons. The maximum Gasteiger partial charge on any atom is 0.243 e. The van der Waals surface area contributed by atoms with Crippen LogP contribution in [0.4, 0.5) is 10.1 Å². The number of amides is 1. The van der Waals surface area contributed by atoms with Crippen molar-refractivity contribution in [3.05, 3.63) is 99.5 Å². The first kappa shape index (κ1) is 24.2. The minimum absolute atomic E-state index is 0.0953.